The number of carbonyl (C=O) groups is 1. The smallest absolute Gasteiger partial charge is 0.254 e. The fraction of sp³-hybridized carbons (Fsp3) is 0.300. The average Bonchev–Trinajstić information content (AvgIpc) is 2.94. The van der Waals surface area contributed by atoms with Crippen LogP contribution in [0.3, 0.4) is 0 Å². The van der Waals surface area contributed by atoms with Gasteiger partial charge in [0.1, 0.15) is 17.3 Å². The molecule has 3 rings (SSSR count). The molecular formula is C20H21F2N3O. The van der Waals surface area contributed by atoms with Crippen LogP contribution in [0.15, 0.2) is 42.7 Å². The highest BCUT2D eigenvalue weighted by Gasteiger charge is 2.14. The number of rotatable bonds is 6. The molecule has 2 aromatic heterocycles. The van der Waals surface area contributed by atoms with Crippen LogP contribution in [0, 0.1) is 17.6 Å². The van der Waals surface area contributed by atoms with E-state index < -0.39 is 17.5 Å². The Hall–Kier alpha value is -2.76. The molecule has 0 aliphatic carbocycles. The number of amides is 1. The number of carbonyl (C=O) groups excluding carboxylic acids is 1. The Morgan fingerprint density at radius 2 is 2.08 bits per heavy atom. The van der Waals surface area contributed by atoms with Crippen molar-refractivity contribution in [1.29, 1.82) is 0 Å². The first-order valence-electron chi connectivity index (χ1n) is 8.61. The standard InChI is InChI=1S/C20H21F2N3O/c1-13(2)11-25-12-14(16-4-3-8-23-19(16)25)7-9-24-20(26)17-10-15(21)5-6-18(17)22/h3-6,8,10,12-13H,7,9,11H2,1-2H3,(H,24,26). The van der Waals surface area contributed by atoms with Crippen LogP contribution in [0.25, 0.3) is 11.0 Å². The van der Waals surface area contributed by atoms with Gasteiger partial charge in [-0.2, -0.15) is 0 Å². The van der Waals surface area contributed by atoms with Crippen LogP contribution in [-0.2, 0) is 13.0 Å². The van der Waals surface area contributed by atoms with Crippen LogP contribution in [0.1, 0.15) is 29.8 Å². The van der Waals surface area contributed by atoms with E-state index in [9.17, 15) is 13.6 Å². The van der Waals surface area contributed by atoms with E-state index in [1.54, 1.807) is 6.20 Å². The van der Waals surface area contributed by atoms with E-state index in [0.717, 1.165) is 41.3 Å². The van der Waals surface area contributed by atoms with E-state index in [4.69, 9.17) is 0 Å². The Morgan fingerprint density at radius 3 is 2.85 bits per heavy atom. The summed E-state index contributed by atoms with van der Waals surface area (Å²) < 4.78 is 29.0. The van der Waals surface area contributed by atoms with Gasteiger partial charge in [0.25, 0.3) is 5.91 Å². The Labute approximate surface area is 150 Å². The van der Waals surface area contributed by atoms with Gasteiger partial charge in [0.05, 0.1) is 5.56 Å². The van der Waals surface area contributed by atoms with Gasteiger partial charge in [0.15, 0.2) is 0 Å². The van der Waals surface area contributed by atoms with Crippen LogP contribution in [0.4, 0.5) is 8.78 Å². The predicted molar refractivity (Wildman–Crippen MR) is 97.0 cm³/mol. The molecule has 0 aliphatic rings. The van der Waals surface area contributed by atoms with Crippen LogP contribution in [0.2, 0.25) is 0 Å². The van der Waals surface area contributed by atoms with Gasteiger partial charge < -0.3 is 9.88 Å². The Balaban J connectivity index is 1.72. The molecular weight excluding hydrogens is 336 g/mol. The maximum atomic E-state index is 13.7. The number of nitrogens with one attached hydrogen (secondary N) is 1. The quantitative estimate of drug-likeness (QED) is 0.726. The first-order valence-corrected chi connectivity index (χ1v) is 8.61. The molecule has 0 unspecified atom stereocenters. The van der Waals surface area contributed by atoms with Gasteiger partial charge in [-0.3, -0.25) is 4.79 Å². The fourth-order valence-electron chi connectivity index (χ4n) is 3.00. The van der Waals surface area contributed by atoms with Crippen molar-refractivity contribution in [2.75, 3.05) is 6.54 Å². The highest BCUT2D eigenvalue weighted by Crippen LogP contribution is 2.21. The monoisotopic (exact) mass is 357 g/mol. The number of hydrogen-bond acceptors (Lipinski definition) is 2. The summed E-state index contributed by atoms with van der Waals surface area (Å²) in [7, 11) is 0. The summed E-state index contributed by atoms with van der Waals surface area (Å²) >= 11 is 0. The molecule has 4 nitrogen and oxygen atoms in total. The zero-order valence-electron chi connectivity index (χ0n) is 14.8. The summed E-state index contributed by atoms with van der Waals surface area (Å²) in [4.78, 5) is 16.5. The molecule has 0 radical (unpaired) electrons. The van der Waals surface area contributed by atoms with Gasteiger partial charge >= 0.3 is 0 Å². The fourth-order valence-corrected chi connectivity index (χ4v) is 3.00. The number of hydrogen-bond donors (Lipinski definition) is 1. The number of pyridine rings is 1. The zero-order valence-corrected chi connectivity index (χ0v) is 14.8. The second-order valence-electron chi connectivity index (χ2n) is 6.71. The largest absolute Gasteiger partial charge is 0.352 e. The van der Waals surface area contributed by atoms with E-state index in [0.29, 0.717) is 18.9 Å². The van der Waals surface area contributed by atoms with Gasteiger partial charge in [-0.1, -0.05) is 13.8 Å². The van der Waals surface area contributed by atoms with Gasteiger partial charge in [-0.15, -0.1) is 0 Å². The lowest BCUT2D eigenvalue weighted by Crippen LogP contribution is -2.26. The van der Waals surface area contributed by atoms with E-state index in [2.05, 4.69) is 28.7 Å². The second-order valence-corrected chi connectivity index (χ2v) is 6.71. The molecule has 2 heterocycles. The van der Waals surface area contributed by atoms with Crippen molar-refractivity contribution >= 4 is 16.9 Å². The van der Waals surface area contributed by atoms with E-state index in [1.165, 1.54) is 0 Å². The summed E-state index contributed by atoms with van der Waals surface area (Å²) in [5.74, 6) is -1.51. The summed E-state index contributed by atoms with van der Waals surface area (Å²) in [6.45, 7) is 5.46. The maximum absolute atomic E-state index is 13.7. The molecule has 6 heteroatoms. The number of fused-ring (bicyclic) bond motifs is 1. The minimum Gasteiger partial charge on any atom is -0.352 e. The number of aromatic nitrogens is 2. The van der Waals surface area contributed by atoms with Crippen molar-refractivity contribution in [1.82, 2.24) is 14.9 Å². The van der Waals surface area contributed by atoms with Gasteiger partial charge in [-0.05, 0) is 48.2 Å². The molecule has 0 saturated heterocycles. The van der Waals surface area contributed by atoms with E-state index in [-0.39, 0.29) is 5.56 Å². The van der Waals surface area contributed by atoms with E-state index in [1.807, 2.05) is 18.3 Å². The lowest BCUT2D eigenvalue weighted by atomic mass is 10.1. The van der Waals surface area contributed by atoms with Gasteiger partial charge in [0, 0.05) is 30.9 Å². The minimum atomic E-state index is -0.735. The van der Waals surface area contributed by atoms with Crippen LogP contribution in [-0.4, -0.2) is 22.0 Å². The zero-order chi connectivity index (χ0) is 18.7. The predicted octanol–water partition coefficient (Wildman–Crippen LogP) is 3.94. The molecule has 1 N–H and O–H groups in total. The third-order valence-corrected chi connectivity index (χ3v) is 4.13. The van der Waals surface area contributed by atoms with Crippen molar-refractivity contribution in [2.24, 2.45) is 5.92 Å². The summed E-state index contributed by atoms with van der Waals surface area (Å²) in [6.07, 6.45) is 4.39. The highest BCUT2D eigenvalue weighted by atomic mass is 19.1. The molecule has 26 heavy (non-hydrogen) atoms. The van der Waals surface area contributed by atoms with Gasteiger partial charge in [-0.25, -0.2) is 13.8 Å². The topological polar surface area (TPSA) is 46.9 Å². The Bertz CT molecular complexity index is 934. The van der Waals surface area contributed by atoms with Crippen molar-refractivity contribution in [3.05, 3.63) is 65.5 Å². The van der Waals surface area contributed by atoms with Gasteiger partial charge in [0.2, 0.25) is 0 Å². The molecule has 136 valence electrons. The summed E-state index contributed by atoms with van der Waals surface area (Å²) in [5.41, 5.74) is 1.70. The van der Waals surface area contributed by atoms with E-state index >= 15 is 0 Å². The highest BCUT2D eigenvalue weighted by molar-refractivity contribution is 5.94. The van der Waals surface area contributed by atoms with Crippen molar-refractivity contribution in [3.8, 4) is 0 Å². The minimum absolute atomic E-state index is 0.283. The molecule has 1 amide bonds. The first-order chi connectivity index (χ1) is 12.5. The lowest BCUT2D eigenvalue weighted by Gasteiger charge is -2.07. The molecule has 0 atom stereocenters. The van der Waals surface area contributed by atoms with Crippen LogP contribution < -0.4 is 5.32 Å². The summed E-state index contributed by atoms with van der Waals surface area (Å²) in [5, 5.41) is 3.70. The van der Waals surface area contributed by atoms with Crippen molar-refractivity contribution in [3.63, 3.8) is 0 Å². The second kappa shape index (κ2) is 7.64. The van der Waals surface area contributed by atoms with Crippen LogP contribution >= 0.6 is 0 Å². The average molecular weight is 357 g/mol. The molecule has 0 fully saturated rings. The van der Waals surface area contributed by atoms with Crippen LogP contribution in [0.5, 0.6) is 0 Å². The number of halogens is 2. The third-order valence-electron chi connectivity index (χ3n) is 4.13. The maximum Gasteiger partial charge on any atom is 0.254 e. The number of benzene rings is 1. The van der Waals surface area contributed by atoms with Crippen molar-refractivity contribution in [2.45, 2.75) is 26.8 Å². The molecule has 1 aromatic carbocycles. The summed E-state index contributed by atoms with van der Waals surface area (Å²) in [6, 6.07) is 6.73. The normalized spacial score (nSPS) is 11.3. The Morgan fingerprint density at radius 1 is 1.27 bits per heavy atom. The SMILES string of the molecule is CC(C)Cn1cc(CCNC(=O)c2cc(F)ccc2F)c2cccnc21. The molecule has 0 aliphatic heterocycles. The molecule has 0 spiro atoms. The third kappa shape index (κ3) is 3.90. The van der Waals surface area contributed by atoms with Crippen molar-refractivity contribution < 1.29 is 13.6 Å². The first kappa shape index (κ1) is 18.0. The lowest BCUT2D eigenvalue weighted by molar-refractivity contribution is 0.0949. The Kier molecular flexibility index (Phi) is 5.30. The molecule has 0 saturated carbocycles. The number of nitrogens with zero attached hydrogens (tertiary/aromatic N) is 2. The molecule has 0 bridgehead atoms. The molecule has 3 aromatic rings.